The highest BCUT2D eigenvalue weighted by atomic mass is 19.3. The predicted octanol–water partition coefficient (Wildman–Crippen LogP) is 5.77. The molecule has 0 spiro atoms. The number of hydrogen-bond acceptors (Lipinski definition) is 2. The van der Waals surface area contributed by atoms with Gasteiger partial charge in [-0.2, -0.15) is 8.78 Å². The van der Waals surface area contributed by atoms with Crippen LogP contribution in [0.3, 0.4) is 0 Å². The molecule has 5 heteroatoms. The Labute approximate surface area is 143 Å². The van der Waals surface area contributed by atoms with E-state index in [1.807, 2.05) is 30.3 Å². The van der Waals surface area contributed by atoms with Crippen LogP contribution in [-0.2, 0) is 0 Å². The lowest BCUT2D eigenvalue weighted by molar-refractivity contribution is -0.0498. The first kappa shape index (κ1) is 16.9. The van der Waals surface area contributed by atoms with Gasteiger partial charge >= 0.3 is 6.61 Å². The van der Waals surface area contributed by atoms with Crippen molar-refractivity contribution < 1.29 is 22.6 Å². The molecule has 2 nitrogen and oxygen atoms in total. The number of benzene rings is 3. The van der Waals surface area contributed by atoms with E-state index in [0.29, 0.717) is 11.1 Å². The summed E-state index contributed by atoms with van der Waals surface area (Å²) in [5, 5.41) is 0. The van der Waals surface area contributed by atoms with Crippen molar-refractivity contribution in [3.8, 4) is 33.8 Å². The fourth-order valence-corrected chi connectivity index (χ4v) is 2.53. The van der Waals surface area contributed by atoms with Gasteiger partial charge in [0.05, 0.1) is 7.11 Å². The molecule has 0 fully saturated rings. The Hall–Kier alpha value is -2.95. The van der Waals surface area contributed by atoms with E-state index in [1.54, 1.807) is 25.3 Å². The van der Waals surface area contributed by atoms with E-state index in [1.165, 1.54) is 18.2 Å². The third-order valence-corrected chi connectivity index (χ3v) is 3.78. The van der Waals surface area contributed by atoms with Crippen molar-refractivity contribution in [2.45, 2.75) is 6.61 Å². The van der Waals surface area contributed by atoms with E-state index in [2.05, 4.69) is 4.74 Å². The standard InChI is InChI=1S/C20H15F3O2/c1-24-16-7-2-13(3-8-16)15-6-11-18(19(21)12-15)14-4-9-17(10-5-14)25-20(22)23/h2-12,20H,1H3. The number of ether oxygens (including phenoxy) is 2. The molecular formula is C20H15F3O2. The minimum atomic E-state index is -2.88. The van der Waals surface area contributed by atoms with E-state index in [0.717, 1.165) is 16.9 Å². The van der Waals surface area contributed by atoms with Crippen LogP contribution in [0.4, 0.5) is 13.2 Å². The monoisotopic (exact) mass is 344 g/mol. The van der Waals surface area contributed by atoms with Gasteiger partial charge in [-0.3, -0.25) is 0 Å². The Bertz CT molecular complexity index is 844. The van der Waals surface area contributed by atoms with Gasteiger partial charge in [-0.1, -0.05) is 36.4 Å². The summed E-state index contributed by atoms with van der Waals surface area (Å²) in [7, 11) is 1.58. The summed E-state index contributed by atoms with van der Waals surface area (Å²) < 4.78 is 48.2. The molecule has 0 atom stereocenters. The summed E-state index contributed by atoms with van der Waals surface area (Å²) in [6.45, 7) is -2.88. The highest BCUT2D eigenvalue weighted by molar-refractivity contribution is 5.71. The molecule has 0 heterocycles. The van der Waals surface area contributed by atoms with Gasteiger partial charge in [0.1, 0.15) is 17.3 Å². The number of halogens is 3. The smallest absolute Gasteiger partial charge is 0.387 e. The lowest BCUT2D eigenvalue weighted by Crippen LogP contribution is -2.01. The summed E-state index contributed by atoms with van der Waals surface area (Å²) in [6, 6.07) is 18.1. The molecule has 0 N–H and O–H groups in total. The lowest BCUT2D eigenvalue weighted by atomic mass is 9.99. The van der Waals surface area contributed by atoms with Crippen LogP contribution in [0.5, 0.6) is 11.5 Å². The largest absolute Gasteiger partial charge is 0.497 e. The van der Waals surface area contributed by atoms with Crippen LogP contribution in [0.25, 0.3) is 22.3 Å². The third-order valence-electron chi connectivity index (χ3n) is 3.78. The second kappa shape index (κ2) is 7.30. The second-order valence-corrected chi connectivity index (χ2v) is 5.33. The van der Waals surface area contributed by atoms with E-state index >= 15 is 0 Å². The molecule has 0 amide bonds. The molecule has 0 saturated heterocycles. The minimum absolute atomic E-state index is 0.0361. The zero-order chi connectivity index (χ0) is 17.8. The first-order valence-electron chi connectivity index (χ1n) is 7.56. The Morgan fingerprint density at radius 2 is 1.28 bits per heavy atom. The van der Waals surface area contributed by atoms with E-state index in [4.69, 9.17) is 4.74 Å². The van der Waals surface area contributed by atoms with Crippen molar-refractivity contribution in [1.82, 2.24) is 0 Å². The van der Waals surface area contributed by atoms with Crippen LogP contribution < -0.4 is 9.47 Å². The highest BCUT2D eigenvalue weighted by Crippen LogP contribution is 2.30. The molecule has 0 radical (unpaired) electrons. The molecule has 0 aliphatic rings. The van der Waals surface area contributed by atoms with E-state index in [-0.39, 0.29) is 5.75 Å². The average molecular weight is 344 g/mol. The Balaban J connectivity index is 1.86. The maximum atomic E-state index is 14.5. The van der Waals surface area contributed by atoms with Crippen molar-refractivity contribution in [3.63, 3.8) is 0 Å². The van der Waals surface area contributed by atoms with Crippen LogP contribution in [-0.4, -0.2) is 13.7 Å². The van der Waals surface area contributed by atoms with Crippen LogP contribution >= 0.6 is 0 Å². The van der Waals surface area contributed by atoms with Gasteiger partial charge in [-0.25, -0.2) is 4.39 Å². The number of alkyl halides is 2. The van der Waals surface area contributed by atoms with Crippen molar-refractivity contribution in [2.24, 2.45) is 0 Å². The normalized spacial score (nSPS) is 10.8. The predicted molar refractivity (Wildman–Crippen MR) is 90.5 cm³/mol. The van der Waals surface area contributed by atoms with Gasteiger partial charge in [0, 0.05) is 5.56 Å². The Morgan fingerprint density at radius 3 is 1.84 bits per heavy atom. The fourth-order valence-electron chi connectivity index (χ4n) is 2.53. The van der Waals surface area contributed by atoms with E-state index < -0.39 is 12.4 Å². The third kappa shape index (κ3) is 3.94. The topological polar surface area (TPSA) is 18.5 Å². The van der Waals surface area contributed by atoms with Crippen LogP contribution in [0.2, 0.25) is 0 Å². The van der Waals surface area contributed by atoms with Gasteiger partial charge in [-0.05, 0) is 47.0 Å². The van der Waals surface area contributed by atoms with Crippen molar-refractivity contribution in [3.05, 3.63) is 72.5 Å². The van der Waals surface area contributed by atoms with Gasteiger partial charge in [0.2, 0.25) is 0 Å². The van der Waals surface area contributed by atoms with Crippen LogP contribution in [0.15, 0.2) is 66.7 Å². The van der Waals surface area contributed by atoms with Gasteiger partial charge in [-0.15, -0.1) is 0 Å². The quantitative estimate of drug-likeness (QED) is 0.585. The number of hydrogen-bond donors (Lipinski definition) is 0. The van der Waals surface area contributed by atoms with Crippen LogP contribution in [0, 0.1) is 5.82 Å². The molecular weight excluding hydrogens is 329 g/mol. The Morgan fingerprint density at radius 1 is 0.720 bits per heavy atom. The molecule has 0 unspecified atom stereocenters. The van der Waals surface area contributed by atoms with Crippen LogP contribution in [0.1, 0.15) is 0 Å². The molecule has 0 aliphatic heterocycles. The first-order valence-corrected chi connectivity index (χ1v) is 7.56. The van der Waals surface area contributed by atoms with E-state index in [9.17, 15) is 13.2 Å². The molecule has 0 aliphatic carbocycles. The summed E-state index contributed by atoms with van der Waals surface area (Å²) >= 11 is 0. The first-order chi connectivity index (χ1) is 12.1. The zero-order valence-corrected chi connectivity index (χ0v) is 13.4. The molecule has 3 rings (SSSR count). The zero-order valence-electron chi connectivity index (χ0n) is 13.4. The summed E-state index contributed by atoms with van der Waals surface area (Å²) in [6.07, 6.45) is 0. The van der Waals surface area contributed by atoms with Crippen molar-refractivity contribution >= 4 is 0 Å². The van der Waals surface area contributed by atoms with Gasteiger partial charge in [0.25, 0.3) is 0 Å². The highest BCUT2D eigenvalue weighted by Gasteiger charge is 2.09. The SMILES string of the molecule is COc1ccc(-c2ccc(-c3ccc(OC(F)F)cc3)c(F)c2)cc1. The van der Waals surface area contributed by atoms with Crippen molar-refractivity contribution in [2.75, 3.05) is 7.11 Å². The minimum Gasteiger partial charge on any atom is -0.497 e. The fraction of sp³-hybridized carbons (Fsp3) is 0.100. The maximum Gasteiger partial charge on any atom is 0.387 e. The summed E-state index contributed by atoms with van der Waals surface area (Å²) in [5.41, 5.74) is 2.58. The molecule has 0 aromatic heterocycles. The molecule has 3 aromatic rings. The summed E-state index contributed by atoms with van der Waals surface area (Å²) in [4.78, 5) is 0. The van der Waals surface area contributed by atoms with Crippen molar-refractivity contribution in [1.29, 1.82) is 0 Å². The lowest BCUT2D eigenvalue weighted by Gasteiger charge is -2.09. The molecule has 25 heavy (non-hydrogen) atoms. The second-order valence-electron chi connectivity index (χ2n) is 5.33. The van der Waals surface area contributed by atoms with Gasteiger partial charge in [0.15, 0.2) is 0 Å². The summed E-state index contributed by atoms with van der Waals surface area (Å²) in [5.74, 6) is 0.372. The molecule has 3 aromatic carbocycles. The molecule has 0 bridgehead atoms. The average Bonchev–Trinajstić information content (AvgIpc) is 2.62. The molecule has 128 valence electrons. The van der Waals surface area contributed by atoms with Gasteiger partial charge < -0.3 is 9.47 Å². The number of rotatable bonds is 5. The molecule has 0 saturated carbocycles. The number of methoxy groups -OCH3 is 1. The maximum absolute atomic E-state index is 14.5. The Kier molecular flexibility index (Phi) is 4.93.